The number of para-hydroxylation sites is 1. The van der Waals surface area contributed by atoms with Crippen molar-refractivity contribution < 1.29 is 9.47 Å². The maximum absolute atomic E-state index is 6.27. The van der Waals surface area contributed by atoms with Gasteiger partial charge in [-0.1, -0.05) is 29.5 Å². The Hall–Kier alpha value is -1.70. The quantitative estimate of drug-likeness (QED) is 0.805. The Labute approximate surface area is 164 Å². The van der Waals surface area contributed by atoms with E-state index in [2.05, 4.69) is 44.3 Å². The molecule has 4 heterocycles. The monoisotopic (exact) mass is 386 g/mol. The van der Waals surface area contributed by atoms with E-state index < -0.39 is 0 Å². The first-order valence-electron chi connectivity index (χ1n) is 9.78. The minimum absolute atomic E-state index is 0.0375. The van der Waals surface area contributed by atoms with E-state index in [1.807, 2.05) is 0 Å². The summed E-state index contributed by atoms with van der Waals surface area (Å²) >= 11 is 1.61. The molecule has 0 N–H and O–H groups in total. The van der Waals surface area contributed by atoms with Crippen molar-refractivity contribution >= 4 is 16.5 Å². The van der Waals surface area contributed by atoms with Gasteiger partial charge in [-0.2, -0.15) is 0 Å². The van der Waals surface area contributed by atoms with Crippen molar-refractivity contribution in [1.82, 2.24) is 15.1 Å². The molecule has 1 aromatic heterocycles. The van der Waals surface area contributed by atoms with Gasteiger partial charge in [-0.15, -0.1) is 10.2 Å². The zero-order valence-electron chi connectivity index (χ0n) is 15.7. The number of likely N-dealkylation sites (tertiary alicyclic amines) is 1. The molecular formula is C20H26N4O2S. The summed E-state index contributed by atoms with van der Waals surface area (Å²) in [6.07, 6.45) is 3.53. The Morgan fingerprint density at radius 3 is 2.78 bits per heavy atom. The number of benzene rings is 1. The lowest BCUT2D eigenvalue weighted by atomic mass is 9.86. The molecule has 0 bridgehead atoms. The first kappa shape index (κ1) is 17.4. The summed E-state index contributed by atoms with van der Waals surface area (Å²) < 4.78 is 11.8. The number of rotatable bonds is 4. The number of methoxy groups -OCH3 is 1. The van der Waals surface area contributed by atoms with Gasteiger partial charge >= 0.3 is 0 Å². The molecule has 0 amide bonds. The molecule has 7 heteroatoms. The molecule has 1 spiro atoms. The van der Waals surface area contributed by atoms with E-state index in [9.17, 15) is 0 Å². The summed E-state index contributed by atoms with van der Waals surface area (Å²) in [4.78, 5) is 4.93. The normalized spacial score (nSPS) is 25.7. The van der Waals surface area contributed by atoms with Gasteiger partial charge in [-0.05, 0) is 49.9 Å². The van der Waals surface area contributed by atoms with Crippen LogP contribution in [0.25, 0.3) is 0 Å². The lowest BCUT2D eigenvalue weighted by Crippen LogP contribution is -2.62. The van der Waals surface area contributed by atoms with Crippen molar-refractivity contribution in [3.05, 3.63) is 35.3 Å². The first-order chi connectivity index (χ1) is 13.3. The van der Waals surface area contributed by atoms with Crippen molar-refractivity contribution in [2.75, 3.05) is 44.8 Å². The molecule has 27 heavy (non-hydrogen) atoms. The van der Waals surface area contributed by atoms with Gasteiger partial charge < -0.3 is 14.4 Å². The van der Waals surface area contributed by atoms with Gasteiger partial charge in [-0.3, -0.25) is 4.90 Å². The minimum atomic E-state index is 0.0375. The number of ether oxygens (including phenoxy) is 2. The second-order valence-corrected chi connectivity index (χ2v) is 8.79. The Balaban J connectivity index is 1.16. The van der Waals surface area contributed by atoms with E-state index in [4.69, 9.17) is 9.47 Å². The van der Waals surface area contributed by atoms with Gasteiger partial charge in [0.05, 0.1) is 26.8 Å². The van der Waals surface area contributed by atoms with Crippen LogP contribution < -0.4 is 9.64 Å². The number of anilines is 1. The molecule has 3 fully saturated rings. The molecule has 5 rings (SSSR count). The van der Waals surface area contributed by atoms with Crippen LogP contribution in [-0.2, 0) is 4.74 Å². The van der Waals surface area contributed by atoms with Crippen molar-refractivity contribution in [2.24, 2.45) is 0 Å². The maximum atomic E-state index is 6.27. The molecule has 0 radical (unpaired) electrons. The van der Waals surface area contributed by atoms with Crippen LogP contribution in [0.5, 0.6) is 5.75 Å². The summed E-state index contributed by atoms with van der Waals surface area (Å²) in [6.45, 7) is 5.07. The standard InChI is InChI=1S/C20H26N4O2S/c1-25-18-5-3-2-4-17(18)15-6-8-23(9-7-15)16-10-20(26-11-16)12-24(13-20)19-22-21-14-27-19/h2-5,14-16H,6-13H2,1H3/t16-/m0/s1. The van der Waals surface area contributed by atoms with Gasteiger partial charge in [0.2, 0.25) is 5.13 Å². The predicted molar refractivity (Wildman–Crippen MR) is 106 cm³/mol. The molecule has 0 saturated carbocycles. The molecule has 1 atom stereocenters. The molecule has 6 nitrogen and oxygen atoms in total. The second-order valence-electron chi connectivity index (χ2n) is 7.98. The van der Waals surface area contributed by atoms with Crippen molar-refractivity contribution in [3.63, 3.8) is 0 Å². The van der Waals surface area contributed by atoms with Crippen LogP contribution in [-0.4, -0.2) is 66.6 Å². The lowest BCUT2D eigenvalue weighted by molar-refractivity contribution is -0.0195. The van der Waals surface area contributed by atoms with Crippen molar-refractivity contribution in [2.45, 2.75) is 36.8 Å². The van der Waals surface area contributed by atoms with E-state index in [-0.39, 0.29) is 5.60 Å². The zero-order valence-corrected chi connectivity index (χ0v) is 16.5. The number of piperidine rings is 1. The summed E-state index contributed by atoms with van der Waals surface area (Å²) in [6, 6.07) is 9.04. The Morgan fingerprint density at radius 2 is 2.04 bits per heavy atom. The zero-order chi connectivity index (χ0) is 18.3. The molecular weight excluding hydrogens is 360 g/mol. The third kappa shape index (κ3) is 3.22. The van der Waals surface area contributed by atoms with Gasteiger partial charge in [0.25, 0.3) is 0 Å². The van der Waals surface area contributed by atoms with Crippen LogP contribution in [0.15, 0.2) is 29.8 Å². The van der Waals surface area contributed by atoms with Crippen molar-refractivity contribution in [1.29, 1.82) is 0 Å². The van der Waals surface area contributed by atoms with Crippen molar-refractivity contribution in [3.8, 4) is 5.75 Å². The maximum Gasteiger partial charge on any atom is 0.208 e. The fourth-order valence-electron chi connectivity index (χ4n) is 4.94. The molecule has 3 aliphatic rings. The smallest absolute Gasteiger partial charge is 0.208 e. The highest BCUT2D eigenvalue weighted by Gasteiger charge is 2.51. The van der Waals surface area contributed by atoms with Gasteiger partial charge in [0.15, 0.2) is 0 Å². The second kappa shape index (κ2) is 7.04. The highest BCUT2D eigenvalue weighted by Crippen LogP contribution is 2.41. The fourth-order valence-corrected chi connectivity index (χ4v) is 5.51. The van der Waals surface area contributed by atoms with E-state index in [0.29, 0.717) is 12.0 Å². The van der Waals surface area contributed by atoms with E-state index in [1.165, 1.54) is 18.4 Å². The molecule has 2 aromatic rings. The number of nitrogens with zero attached hydrogens (tertiary/aromatic N) is 4. The summed E-state index contributed by atoms with van der Waals surface area (Å²) in [5.74, 6) is 1.63. The van der Waals surface area contributed by atoms with E-state index >= 15 is 0 Å². The fraction of sp³-hybridized carbons (Fsp3) is 0.600. The average molecular weight is 387 g/mol. The van der Waals surface area contributed by atoms with E-state index in [0.717, 1.165) is 50.1 Å². The third-order valence-electron chi connectivity index (χ3n) is 6.39. The third-order valence-corrected chi connectivity index (χ3v) is 7.14. The summed E-state index contributed by atoms with van der Waals surface area (Å²) in [7, 11) is 1.77. The summed E-state index contributed by atoms with van der Waals surface area (Å²) in [5, 5.41) is 9.13. The lowest BCUT2D eigenvalue weighted by Gasteiger charge is -2.47. The van der Waals surface area contributed by atoms with Gasteiger partial charge in [0.1, 0.15) is 16.9 Å². The van der Waals surface area contributed by atoms with Crippen LogP contribution in [0.4, 0.5) is 5.13 Å². The highest BCUT2D eigenvalue weighted by molar-refractivity contribution is 7.13. The molecule has 0 unspecified atom stereocenters. The van der Waals surface area contributed by atoms with Crippen LogP contribution >= 0.6 is 11.3 Å². The first-order valence-corrected chi connectivity index (χ1v) is 10.7. The van der Waals surface area contributed by atoms with Crippen LogP contribution in [0, 0.1) is 0 Å². The van der Waals surface area contributed by atoms with Crippen LogP contribution in [0.2, 0.25) is 0 Å². The Bertz CT molecular complexity index is 770. The average Bonchev–Trinajstić information content (AvgIpc) is 3.37. The Morgan fingerprint density at radius 1 is 1.22 bits per heavy atom. The highest BCUT2D eigenvalue weighted by atomic mass is 32.1. The number of hydrogen-bond acceptors (Lipinski definition) is 7. The molecule has 144 valence electrons. The SMILES string of the molecule is COc1ccccc1C1CCN([C@@H]2COC3(C2)CN(c2nncs2)C3)CC1. The number of hydrogen-bond donors (Lipinski definition) is 0. The van der Waals surface area contributed by atoms with Crippen LogP contribution in [0.1, 0.15) is 30.7 Å². The topological polar surface area (TPSA) is 50.7 Å². The largest absolute Gasteiger partial charge is 0.496 e. The predicted octanol–water partition coefficient (Wildman–Crippen LogP) is 2.77. The van der Waals surface area contributed by atoms with Crippen LogP contribution in [0.3, 0.4) is 0 Å². The summed E-state index contributed by atoms with van der Waals surface area (Å²) in [5.41, 5.74) is 3.20. The molecule has 1 aromatic carbocycles. The molecule has 0 aliphatic carbocycles. The molecule has 3 aliphatic heterocycles. The Kier molecular flexibility index (Phi) is 4.53. The molecule has 3 saturated heterocycles. The van der Waals surface area contributed by atoms with Gasteiger partial charge in [0, 0.05) is 6.04 Å². The van der Waals surface area contributed by atoms with Gasteiger partial charge in [-0.25, -0.2) is 0 Å². The van der Waals surface area contributed by atoms with E-state index in [1.54, 1.807) is 24.0 Å². The number of aromatic nitrogens is 2. The minimum Gasteiger partial charge on any atom is -0.496 e.